The van der Waals surface area contributed by atoms with Crippen molar-refractivity contribution in [2.24, 2.45) is 0 Å². The molecule has 0 saturated heterocycles. The second-order valence-electron chi connectivity index (χ2n) is 2.43. The first kappa shape index (κ1) is 10.3. The average molecular weight is 190 g/mol. The third-order valence-corrected chi connectivity index (χ3v) is 3.04. The Morgan fingerprint density at radius 1 is 1.15 bits per heavy atom. The Hall–Kier alpha value is -0.763. The summed E-state index contributed by atoms with van der Waals surface area (Å²) in [6.45, 7) is 0. The zero-order valence-corrected chi connectivity index (χ0v) is 7.76. The molecule has 0 fully saturated rings. The molecule has 1 amide bonds. The molecule has 13 heavy (non-hydrogen) atoms. The van der Waals surface area contributed by atoms with Gasteiger partial charge in [-0.1, -0.05) is 12.1 Å². The summed E-state index contributed by atoms with van der Waals surface area (Å²) >= 11 is 0. The fraction of sp³-hybridized carbons (Fsp3) is 0. The Morgan fingerprint density at radius 3 is 2.38 bits per heavy atom. The van der Waals surface area contributed by atoms with Gasteiger partial charge in [0.1, 0.15) is 4.90 Å². The average Bonchev–Trinajstić information content (AvgIpc) is 2.25. The number of benzene rings is 1. The van der Waals surface area contributed by atoms with Gasteiger partial charge in [0.25, 0.3) is 15.9 Å². The second kappa shape index (κ2) is 3.18. The first-order chi connectivity index (χ1) is 5.61. The van der Waals surface area contributed by atoms with Crippen molar-refractivity contribution < 1.29 is 13.2 Å². The molecular formula is C7H5LiNO3S. The molecule has 1 heterocycles. The molecule has 0 aromatic heterocycles. The molecule has 4 nitrogen and oxygen atoms in total. The number of rotatable bonds is 0. The Morgan fingerprint density at radius 2 is 1.77 bits per heavy atom. The maximum atomic E-state index is 11.1. The Bertz CT molecular complexity index is 455. The number of carbonyl (C=O) groups excluding carboxylic acids is 1. The monoisotopic (exact) mass is 190 g/mol. The summed E-state index contributed by atoms with van der Waals surface area (Å²) in [5.74, 6) is -0.550. The molecule has 0 aliphatic carbocycles. The van der Waals surface area contributed by atoms with Crippen molar-refractivity contribution in [3.05, 3.63) is 29.8 Å². The number of hydrogen-bond acceptors (Lipinski definition) is 3. The molecule has 0 atom stereocenters. The maximum Gasteiger partial charge on any atom is 0.266 e. The molecular weight excluding hydrogens is 185 g/mol. The van der Waals surface area contributed by atoms with Gasteiger partial charge in [0, 0.05) is 18.9 Å². The predicted octanol–water partition coefficient (Wildman–Crippen LogP) is -0.262. The topological polar surface area (TPSA) is 63.2 Å². The van der Waals surface area contributed by atoms with Gasteiger partial charge in [0.15, 0.2) is 0 Å². The molecule has 0 saturated carbocycles. The molecule has 1 aromatic carbocycles. The number of fused-ring (bicyclic) bond motifs is 1. The number of hydrogen-bond donors (Lipinski definition) is 1. The van der Waals surface area contributed by atoms with E-state index in [4.69, 9.17) is 0 Å². The fourth-order valence-electron chi connectivity index (χ4n) is 1.12. The van der Waals surface area contributed by atoms with E-state index in [0.717, 1.165) is 0 Å². The number of nitrogens with one attached hydrogen (secondary N) is 1. The van der Waals surface area contributed by atoms with Crippen LogP contribution < -0.4 is 4.72 Å². The zero-order valence-electron chi connectivity index (χ0n) is 6.94. The van der Waals surface area contributed by atoms with Crippen molar-refractivity contribution in [2.75, 3.05) is 0 Å². The van der Waals surface area contributed by atoms with Gasteiger partial charge in [-0.25, -0.2) is 13.1 Å². The van der Waals surface area contributed by atoms with Gasteiger partial charge >= 0.3 is 0 Å². The van der Waals surface area contributed by atoms with Gasteiger partial charge in [0.2, 0.25) is 0 Å². The van der Waals surface area contributed by atoms with Gasteiger partial charge < -0.3 is 0 Å². The van der Waals surface area contributed by atoms with Crippen LogP contribution >= 0.6 is 0 Å². The Labute approximate surface area is 87.6 Å². The summed E-state index contributed by atoms with van der Waals surface area (Å²) < 4.78 is 24.2. The molecule has 0 unspecified atom stereocenters. The first-order valence-corrected chi connectivity index (χ1v) is 4.76. The van der Waals surface area contributed by atoms with Crippen LogP contribution in [0.4, 0.5) is 0 Å². The van der Waals surface area contributed by atoms with Gasteiger partial charge in [-0.2, -0.15) is 0 Å². The van der Waals surface area contributed by atoms with Crippen LogP contribution in [-0.2, 0) is 10.0 Å². The van der Waals surface area contributed by atoms with E-state index in [0.29, 0.717) is 0 Å². The quantitative estimate of drug-likeness (QED) is 0.573. The summed E-state index contributed by atoms with van der Waals surface area (Å²) in [7, 11) is -3.55. The molecule has 6 heteroatoms. The number of carbonyl (C=O) groups is 1. The van der Waals surface area contributed by atoms with E-state index in [2.05, 4.69) is 0 Å². The Balaban J connectivity index is 0.000000845. The van der Waals surface area contributed by atoms with Crippen LogP contribution in [0.2, 0.25) is 0 Å². The van der Waals surface area contributed by atoms with Gasteiger partial charge in [-0.15, -0.1) is 0 Å². The van der Waals surface area contributed by atoms with Crippen LogP contribution in [0.15, 0.2) is 29.2 Å². The van der Waals surface area contributed by atoms with Crippen LogP contribution in [0.25, 0.3) is 0 Å². The van der Waals surface area contributed by atoms with Crippen LogP contribution in [0.1, 0.15) is 10.4 Å². The van der Waals surface area contributed by atoms with Crippen LogP contribution in [0.3, 0.4) is 0 Å². The normalized spacial score (nSPS) is 17.1. The maximum absolute atomic E-state index is 11.1. The van der Waals surface area contributed by atoms with Crippen LogP contribution in [-0.4, -0.2) is 33.2 Å². The molecule has 0 bridgehead atoms. The van der Waals surface area contributed by atoms with Crippen molar-refractivity contribution in [3.8, 4) is 0 Å². The number of amides is 1. The van der Waals surface area contributed by atoms with E-state index in [-0.39, 0.29) is 29.3 Å². The smallest absolute Gasteiger partial charge is 0.266 e. The summed E-state index contributed by atoms with van der Waals surface area (Å²) in [5, 5.41) is 0. The minimum atomic E-state index is -3.55. The van der Waals surface area contributed by atoms with E-state index in [1.165, 1.54) is 12.1 Å². The molecule has 0 spiro atoms. The van der Waals surface area contributed by atoms with Crippen molar-refractivity contribution in [2.45, 2.75) is 4.90 Å². The third kappa shape index (κ3) is 1.51. The standard InChI is InChI=1S/C7H5NO3S.Li/c9-7-5-3-1-2-4-6(5)12(10,11)8-7;/h1-4H,(H,8,9);. The van der Waals surface area contributed by atoms with Gasteiger partial charge in [-0.05, 0) is 12.1 Å². The third-order valence-electron chi connectivity index (χ3n) is 1.65. The summed E-state index contributed by atoms with van der Waals surface area (Å²) in [6, 6.07) is 6.09. The molecule has 2 rings (SSSR count). The minimum absolute atomic E-state index is 0. The van der Waals surface area contributed by atoms with E-state index in [1.807, 2.05) is 4.72 Å². The molecule has 1 N–H and O–H groups in total. The summed E-state index contributed by atoms with van der Waals surface area (Å²) in [4.78, 5) is 11.1. The molecule has 1 aromatic rings. The van der Waals surface area contributed by atoms with E-state index in [1.54, 1.807) is 12.1 Å². The molecule has 1 aliphatic heterocycles. The van der Waals surface area contributed by atoms with E-state index in [9.17, 15) is 13.2 Å². The van der Waals surface area contributed by atoms with Crippen LogP contribution in [0.5, 0.6) is 0 Å². The van der Waals surface area contributed by atoms with Gasteiger partial charge in [0.05, 0.1) is 5.56 Å². The fourth-order valence-corrected chi connectivity index (χ4v) is 2.29. The molecule has 1 radical (unpaired) electrons. The molecule has 1 aliphatic rings. The van der Waals surface area contributed by atoms with E-state index < -0.39 is 15.9 Å². The number of sulfonamides is 1. The van der Waals surface area contributed by atoms with Crippen molar-refractivity contribution in [1.29, 1.82) is 0 Å². The summed E-state index contributed by atoms with van der Waals surface area (Å²) in [5.41, 5.74) is 0.220. The predicted molar refractivity (Wildman–Crippen MR) is 46.8 cm³/mol. The molecule has 63 valence electrons. The first-order valence-electron chi connectivity index (χ1n) is 3.27. The minimum Gasteiger partial charge on any atom is -0.268 e. The van der Waals surface area contributed by atoms with Crippen LogP contribution in [0, 0.1) is 0 Å². The van der Waals surface area contributed by atoms with Gasteiger partial charge in [-0.3, -0.25) is 4.79 Å². The second-order valence-corrected chi connectivity index (χ2v) is 4.08. The van der Waals surface area contributed by atoms with Crippen molar-refractivity contribution >= 4 is 34.8 Å². The SMILES string of the molecule is O=C1NS(=O)(=O)c2ccccc21.[Li]. The Kier molecular flexibility index (Phi) is 2.53. The summed E-state index contributed by atoms with van der Waals surface area (Å²) in [6.07, 6.45) is 0. The van der Waals surface area contributed by atoms with Crippen molar-refractivity contribution in [3.63, 3.8) is 0 Å². The van der Waals surface area contributed by atoms with E-state index >= 15 is 0 Å². The van der Waals surface area contributed by atoms with Crippen molar-refractivity contribution in [1.82, 2.24) is 4.72 Å². The largest absolute Gasteiger partial charge is 0.268 e. The zero-order chi connectivity index (χ0) is 8.77.